The molecule has 0 saturated carbocycles. The van der Waals surface area contributed by atoms with Crippen molar-refractivity contribution < 1.29 is 0 Å². The van der Waals surface area contributed by atoms with Gasteiger partial charge in [-0.1, -0.05) is 6.92 Å². The van der Waals surface area contributed by atoms with Crippen molar-refractivity contribution in [1.82, 2.24) is 9.97 Å². The average Bonchev–Trinajstić information content (AvgIpc) is 2.42. The first kappa shape index (κ1) is 8.10. The molecule has 2 aromatic rings. The van der Waals surface area contributed by atoms with Crippen molar-refractivity contribution in [3.63, 3.8) is 0 Å². The van der Waals surface area contributed by atoms with Crippen molar-refractivity contribution in [3.05, 3.63) is 33.7 Å². The second kappa shape index (κ2) is 2.76. The minimum Gasteiger partial charge on any atom is -0.306 e. The van der Waals surface area contributed by atoms with Crippen LogP contribution in [0.15, 0.2) is 16.9 Å². The molecule has 0 bridgehead atoms. The van der Waals surface area contributed by atoms with E-state index < -0.39 is 0 Å². The number of fused-ring (bicyclic) bond motifs is 1. The quantitative estimate of drug-likeness (QED) is 0.683. The Kier molecular flexibility index (Phi) is 1.72. The molecule has 2 N–H and O–H groups in total. The number of nitrogens with one attached hydrogen (secondary N) is 2. The maximum Gasteiger partial charge on any atom is 0.323 e. The van der Waals surface area contributed by atoms with Gasteiger partial charge in [-0.15, -0.1) is 0 Å². The molecule has 0 radical (unpaired) electrons. The number of aryl methyl sites for hydroxylation is 2. The first-order valence-electron chi connectivity index (χ1n) is 4.42. The number of H-pyrrole nitrogens is 2. The van der Waals surface area contributed by atoms with Crippen LogP contribution in [0.2, 0.25) is 0 Å². The van der Waals surface area contributed by atoms with Crippen molar-refractivity contribution in [1.29, 1.82) is 0 Å². The fraction of sp³-hybridized carbons (Fsp3) is 0.300. The number of imidazole rings is 1. The summed E-state index contributed by atoms with van der Waals surface area (Å²) < 4.78 is 0. The zero-order valence-corrected chi connectivity index (χ0v) is 7.77. The van der Waals surface area contributed by atoms with E-state index >= 15 is 0 Å². The van der Waals surface area contributed by atoms with Crippen LogP contribution in [0.5, 0.6) is 0 Å². The molecule has 1 aromatic carbocycles. The summed E-state index contributed by atoms with van der Waals surface area (Å²) in [6.45, 7) is 4.17. The summed E-state index contributed by atoms with van der Waals surface area (Å²) in [5, 5.41) is 0. The highest BCUT2D eigenvalue weighted by atomic mass is 16.1. The molecular formula is C10H12N2O. The van der Waals surface area contributed by atoms with Crippen LogP contribution in [-0.2, 0) is 6.42 Å². The summed E-state index contributed by atoms with van der Waals surface area (Å²) in [6, 6.07) is 4.04. The molecule has 3 nitrogen and oxygen atoms in total. The Bertz CT molecular complexity index is 493. The van der Waals surface area contributed by atoms with Gasteiger partial charge in [0.1, 0.15) is 0 Å². The second-order valence-corrected chi connectivity index (χ2v) is 3.26. The Morgan fingerprint density at radius 3 is 2.46 bits per heavy atom. The van der Waals surface area contributed by atoms with E-state index in [1.54, 1.807) is 0 Å². The van der Waals surface area contributed by atoms with Gasteiger partial charge in [0.2, 0.25) is 0 Å². The van der Waals surface area contributed by atoms with Crippen molar-refractivity contribution in [2.24, 2.45) is 0 Å². The molecular weight excluding hydrogens is 164 g/mol. The average molecular weight is 176 g/mol. The zero-order chi connectivity index (χ0) is 9.42. The Morgan fingerprint density at radius 1 is 1.23 bits per heavy atom. The highest BCUT2D eigenvalue weighted by Crippen LogP contribution is 2.15. The molecule has 2 rings (SSSR count). The van der Waals surface area contributed by atoms with Gasteiger partial charge in [-0.3, -0.25) is 0 Å². The molecule has 1 heterocycles. The Morgan fingerprint density at radius 2 is 1.85 bits per heavy atom. The van der Waals surface area contributed by atoms with Crippen molar-refractivity contribution in [2.75, 3.05) is 0 Å². The second-order valence-electron chi connectivity index (χ2n) is 3.26. The molecule has 0 spiro atoms. The molecule has 0 aliphatic heterocycles. The van der Waals surface area contributed by atoms with Crippen LogP contribution < -0.4 is 5.69 Å². The van der Waals surface area contributed by atoms with E-state index in [9.17, 15) is 4.79 Å². The van der Waals surface area contributed by atoms with Gasteiger partial charge >= 0.3 is 5.69 Å². The Balaban J connectivity index is 2.80. The van der Waals surface area contributed by atoms with E-state index in [-0.39, 0.29) is 5.69 Å². The van der Waals surface area contributed by atoms with E-state index in [1.807, 2.05) is 12.1 Å². The molecule has 3 heteroatoms. The van der Waals surface area contributed by atoms with Gasteiger partial charge in [-0.05, 0) is 36.6 Å². The van der Waals surface area contributed by atoms with E-state index in [4.69, 9.17) is 0 Å². The first-order chi connectivity index (χ1) is 6.20. The lowest BCUT2D eigenvalue weighted by atomic mass is 10.1. The molecule has 0 saturated heterocycles. The van der Waals surface area contributed by atoms with E-state index in [1.165, 1.54) is 11.1 Å². The molecule has 0 amide bonds. The summed E-state index contributed by atoms with van der Waals surface area (Å²) in [4.78, 5) is 16.5. The fourth-order valence-electron chi connectivity index (χ4n) is 1.62. The molecule has 68 valence electrons. The molecule has 0 fully saturated rings. The summed E-state index contributed by atoms with van der Waals surface area (Å²) in [6.07, 6.45) is 0.995. The number of aromatic nitrogens is 2. The van der Waals surface area contributed by atoms with Gasteiger partial charge in [-0.2, -0.15) is 0 Å². The molecule has 0 aliphatic carbocycles. The van der Waals surface area contributed by atoms with Gasteiger partial charge in [0.05, 0.1) is 11.0 Å². The number of hydrogen-bond donors (Lipinski definition) is 2. The third kappa shape index (κ3) is 1.26. The van der Waals surface area contributed by atoms with E-state index in [2.05, 4.69) is 23.8 Å². The summed E-state index contributed by atoms with van der Waals surface area (Å²) >= 11 is 0. The first-order valence-corrected chi connectivity index (χ1v) is 4.42. The monoisotopic (exact) mass is 176 g/mol. The van der Waals surface area contributed by atoms with Crippen LogP contribution in [0.4, 0.5) is 0 Å². The topological polar surface area (TPSA) is 48.6 Å². The van der Waals surface area contributed by atoms with Crippen molar-refractivity contribution in [2.45, 2.75) is 20.3 Å². The van der Waals surface area contributed by atoms with Gasteiger partial charge in [-0.25, -0.2) is 4.79 Å². The smallest absolute Gasteiger partial charge is 0.306 e. The van der Waals surface area contributed by atoms with Crippen LogP contribution in [0.25, 0.3) is 11.0 Å². The van der Waals surface area contributed by atoms with Gasteiger partial charge < -0.3 is 9.97 Å². The number of benzene rings is 1. The lowest BCUT2D eigenvalue weighted by Gasteiger charge is -2.01. The van der Waals surface area contributed by atoms with Crippen LogP contribution in [0, 0.1) is 6.92 Å². The molecule has 0 unspecified atom stereocenters. The van der Waals surface area contributed by atoms with Gasteiger partial charge in [0.15, 0.2) is 0 Å². The minimum absolute atomic E-state index is 0.136. The standard InChI is InChI=1S/C10H12N2O/c1-3-7-5-9-8(4-6(7)2)11-10(13)12-9/h4-5H,3H2,1-2H3,(H2,11,12,13). The Hall–Kier alpha value is -1.51. The largest absolute Gasteiger partial charge is 0.323 e. The minimum atomic E-state index is -0.136. The SMILES string of the molecule is CCc1cc2[nH]c(=O)[nH]c2cc1C. The maximum absolute atomic E-state index is 11.0. The lowest BCUT2D eigenvalue weighted by molar-refractivity contribution is 1.11. The van der Waals surface area contributed by atoms with Crippen LogP contribution in [0.3, 0.4) is 0 Å². The van der Waals surface area contributed by atoms with Crippen LogP contribution in [0.1, 0.15) is 18.1 Å². The van der Waals surface area contributed by atoms with Crippen molar-refractivity contribution in [3.8, 4) is 0 Å². The lowest BCUT2D eigenvalue weighted by Crippen LogP contribution is -1.99. The highest BCUT2D eigenvalue weighted by Gasteiger charge is 2.01. The summed E-state index contributed by atoms with van der Waals surface area (Å²) in [5.41, 5.74) is 4.16. The normalized spacial score (nSPS) is 10.9. The number of rotatable bonds is 1. The molecule has 1 aromatic heterocycles. The Labute approximate surface area is 75.8 Å². The fourth-order valence-corrected chi connectivity index (χ4v) is 1.62. The third-order valence-electron chi connectivity index (χ3n) is 2.35. The van der Waals surface area contributed by atoms with Crippen LogP contribution >= 0.6 is 0 Å². The van der Waals surface area contributed by atoms with Crippen molar-refractivity contribution >= 4 is 11.0 Å². The predicted molar refractivity (Wildman–Crippen MR) is 53.0 cm³/mol. The van der Waals surface area contributed by atoms with Crippen LogP contribution in [-0.4, -0.2) is 9.97 Å². The number of hydrogen-bond acceptors (Lipinski definition) is 1. The predicted octanol–water partition coefficient (Wildman–Crippen LogP) is 1.73. The van der Waals surface area contributed by atoms with E-state index in [0.717, 1.165) is 17.5 Å². The molecule has 13 heavy (non-hydrogen) atoms. The number of aromatic amines is 2. The third-order valence-corrected chi connectivity index (χ3v) is 2.35. The summed E-state index contributed by atoms with van der Waals surface area (Å²) in [7, 11) is 0. The van der Waals surface area contributed by atoms with Gasteiger partial charge in [0.25, 0.3) is 0 Å². The van der Waals surface area contributed by atoms with E-state index in [0.29, 0.717) is 0 Å². The zero-order valence-electron chi connectivity index (χ0n) is 7.77. The molecule has 0 atom stereocenters. The highest BCUT2D eigenvalue weighted by molar-refractivity contribution is 5.76. The van der Waals surface area contributed by atoms with Gasteiger partial charge in [0, 0.05) is 0 Å². The summed E-state index contributed by atoms with van der Waals surface area (Å²) in [5.74, 6) is 0. The maximum atomic E-state index is 11.0. The molecule has 0 aliphatic rings.